The van der Waals surface area contributed by atoms with E-state index in [1.807, 2.05) is 19.2 Å². The molecule has 2 aliphatic rings. The molecule has 1 fully saturated rings. The fourth-order valence-electron chi connectivity index (χ4n) is 3.97. The number of halogens is 1. The number of aromatic amines is 1. The van der Waals surface area contributed by atoms with Crippen molar-refractivity contribution >= 4 is 28.9 Å². The molecule has 2 unspecified atom stereocenters. The molecule has 0 radical (unpaired) electrons. The Morgan fingerprint density at radius 3 is 2.96 bits per heavy atom. The number of fused-ring (bicyclic) bond motifs is 2. The van der Waals surface area contributed by atoms with Gasteiger partial charge in [-0.25, -0.2) is 13.5 Å². The maximum atomic E-state index is 13.5. The molecule has 0 saturated carbocycles. The molecule has 5 rings (SSSR count). The second kappa shape index (κ2) is 6.25. The smallest absolute Gasteiger partial charge is 0.407 e. The normalized spacial score (nSPS) is 24.4. The van der Waals surface area contributed by atoms with Crippen LogP contribution in [0.5, 0.6) is 0 Å². The third-order valence-corrected chi connectivity index (χ3v) is 6.74. The Morgan fingerprint density at radius 1 is 1.32 bits per heavy atom. The van der Waals surface area contributed by atoms with Crippen LogP contribution in [-0.2, 0) is 4.74 Å². The van der Waals surface area contributed by atoms with Gasteiger partial charge in [-0.1, -0.05) is 6.07 Å². The highest BCUT2D eigenvalue weighted by Crippen LogP contribution is 2.46. The highest BCUT2D eigenvalue weighted by atomic mass is 32.2. The van der Waals surface area contributed by atoms with Crippen molar-refractivity contribution in [3.8, 4) is 11.1 Å². The van der Waals surface area contributed by atoms with Crippen molar-refractivity contribution in [2.75, 3.05) is 13.2 Å². The number of rotatable bonds is 3. The van der Waals surface area contributed by atoms with Crippen LogP contribution in [0.4, 0.5) is 9.18 Å². The van der Waals surface area contributed by atoms with Crippen LogP contribution in [0.1, 0.15) is 25.5 Å². The van der Waals surface area contributed by atoms with Crippen LogP contribution in [-0.4, -0.2) is 34.1 Å². The summed E-state index contributed by atoms with van der Waals surface area (Å²) in [6.07, 6.45) is 1.58. The number of carbonyl (C=O) groups excluding carboxylic acids is 1. The number of nitrogens with one attached hydrogen (secondary N) is 2. The highest BCUT2D eigenvalue weighted by Gasteiger charge is 2.40. The fourth-order valence-corrected chi connectivity index (χ4v) is 5.30. The van der Waals surface area contributed by atoms with Gasteiger partial charge in [-0.2, -0.15) is 0 Å². The molecular formula is C21H20FN3O2S. The lowest BCUT2D eigenvalue weighted by atomic mass is 9.98. The van der Waals surface area contributed by atoms with E-state index in [9.17, 15) is 9.18 Å². The molecule has 7 heteroatoms. The number of aromatic nitrogens is 1. The molecule has 0 bridgehead atoms. The average molecular weight is 397 g/mol. The van der Waals surface area contributed by atoms with Gasteiger partial charge in [0.25, 0.3) is 0 Å². The van der Waals surface area contributed by atoms with Crippen LogP contribution in [0.2, 0.25) is 0 Å². The third kappa shape index (κ3) is 2.86. The van der Waals surface area contributed by atoms with Gasteiger partial charge in [0.2, 0.25) is 0 Å². The monoisotopic (exact) mass is 397 g/mol. The predicted molar refractivity (Wildman–Crippen MR) is 108 cm³/mol. The Bertz CT molecular complexity index is 1100. The zero-order valence-corrected chi connectivity index (χ0v) is 16.4. The lowest BCUT2D eigenvalue weighted by Crippen LogP contribution is -2.48. The van der Waals surface area contributed by atoms with Gasteiger partial charge < -0.3 is 15.0 Å². The largest absolute Gasteiger partial charge is 0.447 e. The van der Waals surface area contributed by atoms with Gasteiger partial charge >= 0.3 is 6.09 Å². The van der Waals surface area contributed by atoms with Gasteiger partial charge in [-0.15, -0.1) is 0 Å². The molecule has 0 aliphatic carbocycles. The summed E-state index contributed by atoms with van der Waals surface area (Å²) in [5.74, 6) is -0.244. The maximum Gasteiger partial charge on any atom is 0.407 e. The standard InChI is InChI=1S/C21H20FN3O2S/c1-12-16-7-13(17-9-23-18-8-14(22)4-5-15(17)18)3-6-19(16)28-25(12)10-21(2)11-27-20(26)24-21/h3-9,12,23H,10-11H2,1-2H3,(H,24,26). The first-order valence-corrected chi connectivity index (χ1v) is 10.00. The molecule has 1 aromatic heterocycles. The quantitative estimate of drug-likeness (QED) is 0.620. The molecule has 2 N–H and O–H groups in total. The zero-order valence-electron chi connectivity index (χ0n) is 15.6. The number of benzene rings is 2. The number of amides is 1. The van der Waals surface area contributed by atoms with E-state index < -0.39 is 0 Å². The van der Waals surface area contributed by atoms with E-state index in [-0.39, 0.29) is 23.5 Å². The lowest BCUT2D eigenvalue weighted by Gasteiger charge is -2.29. The number of carbonyl (C=O) groups is 1. The SMILES string of the molecule is CC1c2cc(-c3c[nH]c4cc(F)ccc34)ccc2SN1CC1(C)COC(=O)N1. The van der Waals surface area contributed by atoms with E-state index in [1.165, 1.54) is 22.6 Å². The minimum Gasteiger partial charge on any atom is -0.447 e. The van der Waals surface area contributed by atoms with Crippen molar-refractivity contribution in [3.63, 3.8) is 0 Å². The van der Waals surface area contributed by atoms with Gasteiger partial charge in [0, 0.05) is 40.1 Å². The van der Waals surface area contributed by atoms with Crippen LogP contribution in [0, 0.1) is 5.82 Å². The summed E-state index contributed by atoms with van der Waals surface area (Å²) in [6, 6.07) is 11.5. The molecule has 3 aromatic rings. The van der Waals surface area contributed by atoms with E-state index in [0.717, 1.165) is 22.0 Å². The van der Waals surface area contributed by atoms with Crippen LogP contribution < -0.4 is 5.32 Å². The Labute approximate surface area is 166 Å². The van der Waals surface area contributed by atoms with Crippen molar-refractivity contribution in [2.45, 2.75) is 30.3 Å². The molecule has 2 atom stereocenters. The Hall–Kier alpha value is -2.51. The number of hydrogen-bond donors (Lipinski definition) is 2. The molecular weight excluding hydrogens is 377 g/mol. The third-order valence-electron chi connectivity index (χ3n) is 5.49. The fraction of sp³-hybridized carbons (Fsp3) is 0.286. The first-order chi connectivity index (χ1) is 13.4. The molecule has 1 saturated heterocycles. The van der Waals surface area contributed by atoms with E-state index in [0.29, 0.717) is 13.2 Å². The van der Waals surface area contributed by atoms with Crippen LogP contribution in [0.3, 0.4) is 0 Å². The number of hydrogen-bond acceptors (Lipinski definition) is 4. The molecule has 144 valence electrons. The summed E-state index contributed by atoms with van der Waals surface area (Å²) in [4.78, 5) is 15.8. The topological polar surface area (TPSA) is 57.4 Å². The van der Waals surface area contributed by atoms with Crippen molar-refractivity contribution < 1.29 is 13.9 Å². The maximum absolute atomic E-state index is 13.5. The number of nitrogens with zero attached hydrogens (tertiary/aromatic N) is 1. The Kier molecular flexibility index (Phi) is 3.93. The summed E-state index contributed by atoms with van der Waals surface area (Å²) < 4.78 is 20.9. The van der Waals surface area contributed by atoms with Crippen molar-refractivity contribution in [1.29, 1.82) is 0 Å². The number of H-pyrrole nitrogens is 1. The molecule has 0 spiro atoms. The number of alkyl carbamates (subject to hydrolysis) is 1. The van der Waals surface area contributed by atoms with Crippen molar-refractivity contribution in [3.05, 3.63) is 54.0 Å². The van der Waals surface area contributed by atoms with E-state index >= 15 is 0 Å². The summed E-state index contributed by atoms with van der Waals surface area (Å²) in [5, 5.41) is 3.92. The highest BCUT2D eigenvalue weighted by molar-refractivity contribution is 7.97. The second-order valence-corrected chi connectivity index (χ2v) is 8.84. The molecule has 5 nitrogen and oxygen atoms in total. The van der Waals surface area contributed by atoms with Gasteiger partial charge in [-0.3, -0.25) is 0 Å². The van der Waals surface area contributed by atoms with Crippen molar-refractivity contribution in [2.24, 2.45) is 0 Å². The predicted octanol–water partition coefficient (Wildman–Crippen LogP) is 4.86. The Morgan fingerprint density at radius 2 is 2.18 bits per heavy atom. The Balaban J connectivity index is 1.44. The van der Waals surface area contributed by atoms with E-state index in [4.69, 9.17) is 4.74 Å². The van der Waals surface area contributed by atoms with Crippen LogP contribution in [0.15, 0.2) is 47.5 Å². The summed E-state index contributed by atoms with van der Waals surface area (Å²) >= 11 is 1.71. The summed E-state index contributed by atoms with van der Waals surface area (Å²) in [7, 11) is 0. The molecule has 2 aromatic carbocycles. The van der Waals surface area contributed by atoms with Crippen LogP contribution in [0.25, 0.3) is 22.0 Å². The molecule has 3 heterocycles. The summed E-state index contributed by atoms with van der Waals surface area (Å²) in [5.41, 5.74) is 3.84. The van der Waals surface area contributed by atoms with E-state index in [1.54, 1.807) is 11.9 Å². The van der Waals surface area contributed by atoms with Gasteiger partial charge in [0.05, 0.1) is 5.54 Å². The summed E-state index contributed by atoms with van der Waals surface area (Å²) in [6.45, 7) is 5.25. The average Bonchev–Trinajstić information content (AvgIpc) is 3.31. The van der Waals surface area contributed by atoms with Gasteiger partial charge in [0.1, 0.15) is 12.4 Å². The minimum atomic E-state index is -0.385. The molecule has 2 aliphatic heterocycles. The van der Waals surface area contributed by atoms with Gasteiger partial charge in [-0.05, 0) is 67.3 Å². The zero-order chi connectivity index (χ0) is 19.5. The number of ether oxygens (including phenoxy) is 1. The number of cyclic esters (lactones) is 1. The second-order valence-electron chi connectivity index (χ2n) is 7.75. The first kappa shape index (κ1) is 17.6. The first-order valence-electron chi connectivity index (χ1n) is 9.22. The van der Waals surface area contributed by atoms with Crippen molar-refractivity contribution in [1.82, 2.24) is 14.6 Å². The van der Waals surface area contributed by atoms with Gasteiger partial charge in [0.15, 0.2) is 0 Å². The molecule has 1 amide bonds. The van der Waals surface area contributed by atoms with Crippen LogP contribution >= 0.6 is 11.9 Å². The van der Waals surface area contributed by atoms with E-state index in [2.05, 4.69) is 39.7 Å². The minimum absolute atomic E-state index is 0.205. The molecule has 28 heavy (non-hydrogen) atoms. The lowest BCUT2D eigenvalue weighted by molar-refractivity contribution is 0.170.